The van der Waals surface area contributed by atoms with Gasteiger partial charge in [0.2, 0.25) is 0 Å². The van der Waals surface area contributed by atoms with Crippen LogP contribution < -0.4 is 0 Å². The van der Waals surface area contributed by atoms with Crippen molar-refractivity contribution < 1.29 is 19.8 Å². The van der Waals surface area contributed by atoms with Gasteiger partial charge in [-0.1, -0.05) is 6.08 Å². The smallest absolute Gasteiger partial charge is 0.303 e. The van der Waals surface area contributed by atoms with E-state index in [9.17, 15) is 4.79 Å². The van der Waals surface area contributed by atoms with Gasteiger partial charge in [-0.2, -0.15) is 0 Å². The molecule has 0 aromatic carbocycles. The number of allylic oxidation sites excluding steroid dienone is 1. The van der Waals surface area contributed by atoms with Crippen LogP contribution in [0.15, 0.2) is 12.7 Å². The lowest BCUT2D eigenvalue weighted by atomic mass is 10.3. The largest absolute Gasteiger partial charge is 0.481 e. The second kappa shape index (κ2) is 8.68. The molecule has 0 aliphatic rings. The molecular formula is C7H12O4. The number of carbonyl (C=O) groups is 2. The molecule has 0 spiro atoms. The molecule has 0 aromatic heterocycles. The molecule has 4 heteroatoms. The second-order valence-corrected chi connectivity index (χ2v) is 1.74. The molecule has 11 heavy (non-hydrogen) atoms. The first-order valence-corrected chi connectivity index (χ1v) is 3.03. The first-order valence-electron chi connectivity index (χ1n) is 3.03. The normalized spacial score (nSPS) is 7.36. The van der Waals surface area contributed by atoms with Crippen LogP contribution in [-0.4, -0.2) is 22.2 Å². The fraction of sp³-hybridized carbons (Fsp3) is 0.429. The molecule has 0 aliphatic carbocycles. The SMILES string of the molecule is C=CCCC(=O)O.CC(=O)O. The predicted molar refractivity (Wildman–Crippen MR) is 40.4 cm³/mol. The van der Waals surface area contributed by atoms with Crippen molar-refractivity contribution in [1.29, 1.82) is 0 Å². The Bertz CT molecular complexity index is 135. The van der Waals surface area contributed by atoms with Gasteiger partial charge in [-0.05, 0) is 6.42 Å². The quantitative estimate of drug-likeness (QED) is 0.607. The molecule has 0 atom stereocenters. The molecular weight excluding hydrogens is 148 g/mol. The van der Waals surface area contributed by atoms with E-state index in [0.717, 1.165) is 6.92 Å². The predicted octanol–water partition coefficient (Wildman–Crippen LogP) is 1.13. The number of carboxylic acid groups (broad SMARTS) is 2. The van der Waals surface area contributed by atoms with E-state index in [-0.39, 0.29) is 6.42 Å². The Labute approximate surface area is 65.2 Å². The summed E-state index contributed by atoms with van der Waals surface area (Å²) < 4.78 is 0. The van der Waals surface area contributed by atoms with E-state index in [1.54, 1.807) is 6.08 Å². The standard InChI is InChI=1S/C5H8O2.C2H4O2/c1-2-3-4-5(6)7;1-2(3)4/h2H,1,3-4H2,(H,6,7);1H3,(H,3,4). The zero-order valence-electron chi connectivity index (χ0n) is 6.41. The van der Waals surface area contributed by atoms with Gasteiger partial charge in [0, 0.05) is 13.3 Å². The minimum Gasteiger partial charge on any atom is -0.481 e. The molecule has 0 aliphatic heterocycles. The highest BCUT2D eigenvalue weighted by Crippen LogP contribution is 1.86. The maximum absolute atomic E-state index is 9.71. The lowest BCUT2D eigenvalue weighted by molar-refractivity contribution is -0.137. The van der Waals surface area contributed by atoms with Crippen molar-refractivity contribution in [1.82, 2.24) is 0 Å². The molecule has 0 fully saturated rings. The van der Waals surface area contributed by atoms with Gasteiger partial charge in [-0.15, -0.1) is 6.58 Å². The monoisotopic (exact) mass is 160 g/mol. The van der Waals surface area contributed by atoms with Crippen LogP contribution in [0.2, 0.25) is 0 Å². The molecule has 0 radical (unpaired) electrons. The van der Waals surface area contributed by atoms with E-state index in [1.165, 1.54) is 0 Å². The van der Waals surface area contributed by atoms with Gasteiger partial charge in [-0.3, -0.25) is 9.59 Å². The van der Waals surface area contributed by atoms with Crippen LogP contribution in [-0.2, 0) is 9.59 Å². The van der Waals surface area contributed by atoms with Crippen LogP contribution in [0.4, 0.5) is 0 Å². The van der Waals surface area contributed by atoms with Crippen molar-refractivity contribution >= 4 is 11.9 Å². The third-order valence-electron chi connectivity index (χ3n) is 0.562. The molecule has 0 saturated carbocycles. The minimum absolute atomic E-state index is 0.198. The number of hydrogen-bond acceptors (Lipinski definition) is 2. The number of rotatable bonds is 3. The number of carboxylic acids is 2. The fourth-order valence-corrected chi connectivity index (χ4v) is 0.226. The summed E-state index contributed by atoms with van der Waals surface area (Å²) in [5, 5.41) is 15.4. The molecule has 0 saturated heterocycles. The number of hydrogen-bond donors (Lipinski definition) is 2. The summed E-state index contributed by atoms with van der Waals surface area (Å²) in [4.78, 5) is 18.7. The van der Waals surface area contributed by atoms with Crippen LogP contribution in [0.1, 0.15) is 19.8 Å². The summed E-state index contributed by atoms with van der Waals surface area (Å²) in [7, 11) is 0. The van der Waals surface area contributed by atoms with Crippen molar-refractivity contribution in [2.45, 2.75) is 19.8 Å². The van der Waals surface area contributed by atoms with E-state index in [2.05, 4.69) is 6.58 Å². The Hall–Kier alpha value is -1.32. The highest BCUT2D eigenvalue weighted by molar-refractivity contribution is 5.66. The van der Waals surface area contributed by atoms with Crippen LogP contribution >= 0.6 is 0 Å². The Morgan fingerprint density at radius 3 is 1.91 bits per heavy atom. The van der Waals surface area contributed by atoms with Gasteiger partial charge in [0.1, 0.15) is 0 Å². The highest BCUT2D eigenvalue weighted by atomic mass is 16.4. The summed E-state index contributed by atoms with van der Waals surface area (Å²) in [5.74, 6) is -1.60. The Kier molecular flexibility index (Phi) is 9.76. The summed E-state index contributed by atoms with van der Waals surface area (Å²) >= 11 is 0. The molecule has 0 rings (SSSR count). The maximum atomic E-state index is 9.71. The topological polar surface area (TPSA) is 74.6 Å². The van der Waals surface area contributed by atoms with E-state index in [0.29, 0.717) is 6.42 Å². The third kappa shape index (κ3) is 53.9. The van der Waals surface area contributed by atoms with Gasteiger partial charge in [0.15, 0.2) is 0 Å². The van der Waals surface area contributed by atoms with Gasteiger partial charge in [0.05, 0.1) is 0 Å². The average Bonchev–Trinajstić information content (AvgIpc) is 1.82. The lowest BCUT2D eigenvalue weighted by Crippen LogP contribution is -1.90. The fourth-order valence-electron chi connectivity index (χ4n) is 0.226. The van der Waals surface area contributed by atoms with Crippen LogP contribution in [0.5, 0.6) is 0 Å². The molecule has 0 unspecified atom stereocenters. The Balaban J connectivity index is 0. The average molecular weight is 160 g/mol. The van der Waals surface area contributed by atoms with Gasteiger partial charge in [-0.25, -0.2) is 0 Å². The third-order valence-corrected chi connectivity index (χ3v) is 0.562. The van der Waals surface area contributed by atoms with Crippen molar-refractivity contribution in [2.75, 3.05) is 0 Å². The van der Waals surface area contributed by atoms with E-state index < -0.39 is 11.9 Å². The van der Waals surface area contributed by atoms with Crippen molar-refractivity contribution in [2.24, 2.45) is 0 Å². The van der Waals surface area contributed by atoms with Crippen molar-refractivity contribution in [3.63, 3.8) is 0 Å². The zero-order chi connectivity index (χ0) is 9.28. The van der Waals surface area contributed by atoms with Crippen molar-refractivity contribution in [3.8, 4) is 0 Å². The maximum Gasteiger partial charge on any atom is 0.303 e. The Morgan fingerprint density at radius 2 is 1.82 bits per heavy atom. The zero-order valence-corrected chi connectivity index (χ0v) is 6.41. The van der Waals surface area contributed by atoms with E-state index in [1.807, 2.05) is 0 Å². The summed E-state index contributed by atoms with van der Waals surface area (Å²) in [5.41, 5.74) is 0. The summed E-state index contributed by atoms with van der Waals surface area (Å²) in [6.45, 7) is 4.45. The molecule has 0 aromatic rings. The number of aliphatic carboxylic acids is 2. The van der Waals surface area contributed by atoms with Crippen LogP contribution in [0.3, 0.4) is 0 Å². The first-order chi connectivity index (χ1) is 5.00. The van der Waals surface area contributed by atoms with Gasteiger partial charge in [0.25, 0.3) is 5.97 Å². The molecule has 4 nitrogen and oxygen atoms in total. The molecule has 0 amide bonds. The lowest BCUT2D eigenvalue weighted by Gasteiger charge is -1.82. The summed E-state index contributed by atoms with van der Waals surface area (Å²) in [6.07, 6.45) is 2.35. The highest BCUT2D eigenvalue weighted by Gasteiger charge is 1.89. The van der Waals surface area contributed by atoms with Gasteiger partial charge < -0.3 is 10.2 Å². The van der Waals surface area contributed by atoms with Crippen LogP contribution in [0.25, 0.3) is 0 Å². The molecule has 0 heterocycles. The van der Waals surface area contributed by atoms with Crippen LogP contribution in [0, 0.1) is 0 Å². The molecule has 0 bridgehead atoms. The minimum atomic E-state index is -0.833. The van der Waals surface area contributed by atoms with E-state index in [4.69, 9.17) is 15.0 Å². The Morgan fingerprint density at radius 1 is 1.45 bits per heavy atom. The second-order valence-electron chi connectivity index (χ2n) is 1.74. The van der Waals surface area contributed by atoms with Gasteiger partial charge >= 0.3 is 5.97 Å². The first kappa shape index (κ1) is 12.4. The van der Waals surface area contributed by atoms with E-state index >= 15 is 0 Å². The molecule has 64 valence electrons. The molecule has 2 N–H and O–H groups in total. The van der Waals surface area contributed by atoms with Crippen molar-refractivity contribution in [3.05, 3.63) is 12.7 Å². The summed E-state index contributed by atoms with van der Waals surface area (Å²) in [6, 6.07) is 0.